The third-order valence-electron chi connectivity index (χ3n) is 5.07. The lowest BCUT2D eigenvalue weighted by molar-refractivity contribution is -0.131. The second-order valence-electron chi connectivity index (χ2n) is 6.77. The predicted molar refractivity (Wildman–Crippen MR) is 83.1 cm³/mol. The van der Waals surface area contributed by atoms with E-state index in [0.717, 1.165) is 12.1 Å². The number of primary amides is 1. The summed E-state index contributed by atoms with van der Waals surface area (Å²) in [4.78, 5) is 30.4. The maximum absolute atomic E-state index is 12.5. The van der Waals surface area contributed by atoms with Crippen LogP contribution in [0.25, 0.3) is 0 Å². The number of carbonyl (C=O) groups excluding carboxylic acids is 2. The molecule has 1 aromatic rings. The minimum absolute atomic E-state index is 0.00278. The van der Waals surface area contributed by atoms with Gasteiger partial charge >= 0.3 is 0 Å². The zero-order chi connectivity index (χ0) is 15.7. The number of hydrogen-bond donors (Lipinski definition) is 1. The van der Waals surface area contributed by atoms with Gasteiger partial charge in [-0.25, -0.2) is 0 Å². The molecule has 1 aliphatic heterocycles. The summed E-state index contributed by atoms with van der Waals surface area (Å²) in [6.45, 7) is 3.10. The van der Waals surface area contributed by atoms with Crippen LogP contribution in [-0.4, -0.2) is 34.8 Å². The van der Waals surface area contributed by atoms with E-state index in [4.69, 9.17) is 5.73 Å². The normalized spacial score (nSPS) is 20.7. The third kappa shape index (κ3) is 2.98. The van der Waals surface area contributed by atoms with Crippen LogP contribution >= 0.6 is 0 Å². The smallest absolute Gasteiger partial charge is 0.255 e. The van der Waals surface area contributed by atoms with Crippen molar-refractivity contribution in [2.75, 3.05) is 13.1 Å². The highest BCUT2D eigenvalue weighted by Crippen LogP contribution is 2.45. The molecule has 5 heteroatoms. The van der Waals surface area contributed by atoms with E-state index in [9.17, 15) is 9.59 Å². The van der Waals surface area contributed by atoms with Crippen LogP contribution in [0.15, 0.2) is 18.3 Å². The molecular formula is C17H23N3O2. The van der Waals surface area contributed by atoms with Gasteiger partial charge in [-0.3, -0.25) is 14.6 Å². The van der Waals surface area contributed by atoms with Crippen LogP contribution in [0.1, 0.15) is 48.2 Å². The average molecular weight is 301 g/mol. The molecule has 118 valence electrons. The van der Waals surface area contributed by atoms with Gasteiger partial charge in [-0.2, -0.15) is 0 Å². The van der Waals surface area contributed by atoms with Crippen molar-refractivity contribution in [3.63, 3.8) is 0 Å². The highest BCUT2D eigenvalue weighted by molar-refractivity contribution is 5.94. The number of pyridine rings is 1. The van der Waals surface area contributed by atoms with Crippen molar-refractivity contribution in [1.29, 1.82) is 0 Å². The molecule has 3 rings (SSSR count). The molecule has 2 fully saturated rings. The zero-order valence-corrected chi connectivity index (χ0v) is 13.0. The molecule has 0 radical (unpaired) electrons. The van der Waals surface area contributed by atoms with Gasteiger partial charge < -0.3 is 10.6 Å². The molecule has 0 spiro atoms. The fourth-order valence-electron chi connectivity index (χ4n) is 3.34. The van der Waals surface area contributed by atoms with Crippen LogP contribution in [0.4, 0.5) is 0 Å². The van der Waals surface area contributed by atoms with Crippen LogP contribution in [0, 0.1) is 18.3 Å². The predicted octanol–water partition coefficient (Wildman–Crippen LogP) is 1.90. The van der Waals surface area contributed by atoms with E-state index >= 15 is 0 Å². The molecule has 2 amide bonds. The Labute approximate surface area is 130 Å². The van der Waals surface area contributed by atoms with Gasteiger partial charge in [0.2, 0.25) is 5.91 Å². The van der Waals surface area contributed by atoms with E-state index in [0.29, 0.717) is 37.4 Å². The quantitative estimate of drug-likeness (QED) is 0.922. The standard InChI is InChI=1S/C17H23N3O2/c1-12-2-5-14(11-19-12)15(21)20-8-6-17(7-9-20,16(18)22)10-13-3-4-13/h2,5,11,13H,3-4,6-10H2,1H3,(H2,18,22). The minimum Gasteiger partial charge on any atom is -0.369 e. The van der Waals surface area contributed by atoms with E-state index in [1.165, 1.54) is 12.8 Å². The number of amides is 2. The van der Waals surface area contributed by atoms with E-state index in [1.807, 2.05) is 24.0 Å². The van der Waals surface area contributed by atoms with Crippen molar-refractivity contribution in [3.05, 3.63) is 29.6 Å². The van der Waals surface area contributed by atoms with Crippen molar-refractivity contribution in [3.8, 4) is 0 Å². The first-order chi connectivity index (χ1) is 10.5. The van der Waals surface area contributed by atoms with Crippen LogP contribution in [0.3, 0.4) is 0 Å². The van der Waals surface area contributed by atoms with Crippen molar-refractivity contribution in [1.82, 2.24) is 9.88 Å². The zero-order valence-electron chi connectivity index (χ0n) is 13.0. The molecule has 1 aliphatic carbocycles. The summed E-state index contributed by atoms with van der Waals surface area (Å²) in [6.07, 6.45) is 6.32. The Balaban J connectivity index is 1.66. The number of rotatable bonds is 4. The van der Waals surface area contributed by atoms with E-state index in [2.05, 4.69) is 4.98 Å². The number of aromatic nitrogens is 1. The van der Waals surface area contributed by atoms with E-state index in [1.54, 1.807) is 6.20 Å². The molecule has 0 unspecified atom stereocenters. The number of likely N-dealkylation sites (tertiary alicyclic amines) is 1. The van der Waals surface area contributed by atoms with Crippen molar-refractivity contribution in [2.45, 2.75) is 39.0 Å². The van der Waals surface area contributed by atoms with Gasteiger partial charge in [0, 0.05) is 25.0 Å². The summed E-state index contributed by atoms with van der Waals surface area (Å²) in [5.74, 6) is 0.469. The summed E-state index contributed by atoms with van der Waals surface area (Å²) in [6, 6.07) is 3.66. The average Bonchev–Trinajstić information content (AvgIpc) is 3.32. The van der Waals surface area contributed by atoms with E-state index in [-0.39, 0.29) is 11.8 Å². The first-order valence-corrected chi connectivity index (χ1v) is 8.02. The molecule has 5 nitrogen and oxygen atoms in total. The number of aryl methyl sites for hydroxylation is 1. The van der Waals surface area contributed by atoms with Gasteiger partial charge in [0.1, 0.15) is 0 Å². The molecule has 0 bridgehead atoms. The lowest BCUT2D eigenvalue weighted by Gasteiger charge is -2.40. The Hall–Kier alpha value is -1.91. The van der Waals surface area contributed by atoms with Crippen LogP contribution in [-0.2, 0) is 4.79 Å². The van der Waals surface area contributed by atoms with Gasteiger partial charge in [-0.1, -0.05) is 12.8 Å². The van der Waals surface area contributed by atoms with Crippen LogP contribution in [0.2, 0.25) is 0 Å². The van der Waals surface area contributed by atoms with Crippen molar-refractivity contribution < 1.29 is 9.59 Å². The maximum Gasteiger partial charge on any atom is 0.255 e. The number of nitrogens with two attached hydrogens (primary N) is 1. The number of hydrogen-bond acceptors (Lipinski definition) is 3. The lowest BCUT2D eigenvalue weighted by Crippen LogP contribution is -2.49. The monoisotopic (exact) mass is 301 g/mol. The summed E-state index contributed by atoms with van der Waals surface area (Å²) in [5.41, 5.74) is 6.78. The van der Waals surface area contributed by atoms with Crippen LogP contribution < -0.4 is 5.73 Å². The van der Waals surface area contributed by atoms with Gasteiger partial charge in [0.25, 0.3) is 5.91 Å². The fraction of sp³-hybridized carbons (Fsp3) is 0.588. The number of nitrogens with zero attached hydrogens (tertiary/aromatic N) is 2. The first-order valence-electron chi connectivity index (χ1n) is 8.02. The van der Waals surface area contributed by atoms with E-state index < -0.39 is 5.41 Å². The Kier molecular flexibility index (Phi) is 3.89. The Morgan fingerprint density at radius 2 is 2.00 bits per heavy atom. The van der Waals surface area contributed by atoms with Crippen molar-refractivity contribution >= 4 is 11.8 Å². The topological polar surface area (TPSA) is 76.3 Å². The molecule has 2 aliphatic rings. The Morgan fingerprint density at radius 3 is 2.50 bits per heavy atom. The highest BCUT2D eigenvalue weighted by atomic mass is 16.2. The fourth-order valence-corrected chi connectivity index (χ4v) is 3.34. The minimum atomic E-state index is -0.399. The number of piperidine rings is 1. The first kappa shape index (κ1) is 15.0. The SMILES string of the molecule is Cc1ccc(C(=O)N2CCC(CC3CC3)(C(N)=O)CC2)cn1. The maximum atomic E-state index is 12.5. The summed E-state index contributed by atoms with van der Waals surface area (Å²) < 4.78 is 0. The second kappa shape index (κ2) is 5.71. The molecule has 1 aromatic heterocycles. The van der Waals surface area contributed by atoms with Crippen LogP contribution in [0.5, 0.6) is 0 Å². The summed E-state index contributed by atoms with van der Waals surface area (Å²) in [7, 11) is 0. The molecule has 2 N–H and O–H groups in total. The summed E-state index contributed by atoms with van der Waals surface area (Å²) >= 11 is 0. The van der Waals surface area contributed by atoms with Gasteiger partial charge in [-0.15, -0.1) is 0 Å². The third-order valence-corrected chi connectivity index (χ3v) is 5.07. The molecular weight excluding hydrogens is 278 g/mol. The Bertz CT molecular complexity index is 570. The number of carbonyl (C=O) groups is 2. The second-order valence-corrected chi connectivity index (χ2v) is 6.77. The van der Waals surface area contributed by atoms with Gasteiger partial charge in [0.15, 0.2) is 0 Å². The van der Waals surface area contributed by atoms with Gasteiger partial charge in [0.05, 0.1) is 11.0 Å². The highest BCUT2D eigenvalue weighted by Gasteiger charge is 2.44. The molecule has 22 heavy (non-hydrogen) atoms. The van der Waals surface area contributed by atoms with Crippen molar-refractivity contribution in [2.24, 2.45) is 17.1 Å². The molecule has 1 saturated carbocycles. The molecule has 0 aromatic carbocycles. The molecule has 0 atom stereocenters. The molecule has 1 saturated heterocycles. The lowest BCUT2D eigenvalue weighted by atomic mass is 9.73. The Morgan fingerprint density at radius 1 is 1.32 bits per heavy atom. The largest absolute Gasteiger partial charge is 0.369 e. The van der Waals surface area contributed by atoms with Gasteiger partial charge in [-0.05, 0) is 44.2 Å². The molecule has 2 heterocycles. The summed E-state index contributed by atoms with van der Waals surface area (Å²) in [5, 5.41) is 0.